The van der Waals surface area contributed by atoms with Crippen molar-refractivity contribution in [3.63, 3.8) is 0 Å². The summed E-state index contributed by atoms with van der Waals surface area (Å²) in [6.07, 6.45) is 6.50. The molecule has 0 radical (unpaired) electrons. The van der Waals surface area contributed by atoms with Crippen molar-refractivity contribution >= 4 is 17.3 Å². The third kappa shape index (κ3) is 9.18. The van der Waals surface area contributed by atoms with Crippen LogP contribution in [0.15, 0.2) is 59.7 Å². The summed E-state index contributed by atoms with van der Waals surface area (Å²) in [4.78, 5) is 0. The second-order valence-electron chi connectivity index (χ2n) is 7.52. The summed E-state index contributed by atoms with van der Waals surface area (Å²) in [7, 11) is 3.44. The van der Waals surface area contributed by atoms with Crippen LogP contribution in [-0.4, -0.2) is 42.7 Å². The van der Waals surface area contributed by atoms with Crippen molar-refractivity contribution in [3.05, 3.63) is 71.3 Å². The predicted octanol–water partition coefficient (Wildman–Crippen LogP) is 5.84. The van der Waals surface area contributed by atoms with Crippen LogP contribution in [-0.2, 0) is 11.2 Å². The number of nitrogens with one attached hydrogen (secondary N) is 2. The van der Waals surface area contributed by atoms with E-state index in [2.05, 4.69) is 23.0 Å². The van der Waals surface area contributed by atoms with Gasteiger partial charge < -0.3 is 10.5 Å². The normalized spacial score (nSPS) is 14.2. The first-order valence-corrected chi connectivity index (χ1v) is 11.9. The van der Waals surface area contributed by atoms with Gasteiger partial charge in [0.2, 0.25) is 5.90 Å². The molecule has 0 spiro atoms. The molecule has 2 aromatic rings. The lowest BCUT2D eigenvalue weighted by atomic mass is 9.97. The largest absolute Gasteiger partial charge is 0.455 e. The summed E-state index contributed by atoms with van der Waals surface area (Å²) in [5, 5.41) is 22.9. The summed E-state index contributed by atoms with van der Waals surface area (Å²) < 4.78 is 5.67. The molecule has 1 atom stereocenters. The number of nitrogens with zero attached hydrogens (tertiary/aromatic N) is 2. The van der Waals surface area contributed by atoms with Crippen molar-refractivity contribution in [1.29, 1.82) is 10.8 Å². The highest BCUT2D eigenvalue weighted by atomic mass is 16.5. The first kappa shape index (κ1) is 28.0. The molecule has 0 saturated heterocycles. The Hall–Kier alpha value is -2.99. The summed E-state index contributed by atoms with van der Waals surface area (Å²) in [6.45, 7) is 6.01. The smallest absolute Gasteiger partial charge is 0.208 e. The van der Waals surface area contributed by atoms with Crippen LogP contribution >= 0.6 is 0 Å². The Morgan fingerprint density at radius 2 is 1.45 bits per heavy atom. The molecule has 0 aromatic heterocycles. The van der Waals surface area contributed by atoms with Gasteiger partial charge in [0, 0.05) is 24.6 Å². The van der Waals surface area contributed by atoms with E-state index in [9.17, 15) is 0 Å². The van der Waals surface area contributed by atoms with Crippen molar-refractivity contribution in [3.8, 4) is 0 Å². The molecule has 1 unspecified atom stereocenters. The first-order chi connectivity index (χ1) is 16.0. The number of hydrogen-bond donors (Lipinski definition) is 3. The van der Waals surface area contributed by atoms with Crippen molar-refractivity contribution in [2.24, 2.45) is 10.8 Å². The molecule has 0 fully saturated rings. The fraction of sp³-hybridized carbons (Fsp3) is 0.444. The topological polar surface area (TPSA) is 98.5 Å². The third-order valence-electron chi connectivity index (χ3n) is 5.24. The number of nitrogens with two attached hydrogens (primary N) is 1. The Labute approximate surface area is 199 Å². The van der Waals surface area contributed by atoms with E-state index >= 15 is 0 Å². The van der Waals surface area contributed by atoms with Crippen LogP contribution in [0, 0.1) is 10.8 Å². The molecule has 1 heterocycles. The zero-order valence-electron chi connectivity index (χ0n) is 20.9. The minimum absolute atomic E-state index is 0.0550. The molecule has 0 bridgehead atoms. The Balaban J connectivity index is 0.00000129. The third-order valence-corrected chi connectivity index (χ3v) is 5.24. The molecule has 33 heavy (non-hydrogen) atoms. The second kappa shape index (κ2) is 15.8. The molecular formula is C27H41N5O. The van der Waals surface area contributed by atoms with E-state index in [1.165, 1.54) is 19.0 Å². The average molecular weight is 452 g/mol. The van der Waals surface area contributed by atoms with E-state index in [0.717, 1.165) is 49.1 Å². The maximum Gasteiger partial charge on any atom is 0.208 e. The number of rotatable bonds is 10. The molecule has 0 aliphatic carbocycles. The van der Waals surface area contributed by atoms with Crippen LogP contribution in [0.3, 0.4) is 0 Å². The van der Waals surface area contributed by atoms with Gasteiger partial charge in [0.05, 0.1) is 11.4 Å². The van der Waals surface area contributed by atoms with Gasteiger partial charge in [-0.05, 0) is 44.9 Å². The minimum atomic E-state index is 0.0550. The van der Waals surface area contributed by atoms with Crippen LogP contribution in [0.25, 0.3) is 0 Å². The molecule has 2 aromatic carbocycles. The number of aryl methyl sites for hydroxylation is 1. The van der Waals surface area contributed by atoms with Gasteiger partial charge in [-0.1, -0.05) is 75.2 Å². The summed E-state index contributed by atoms with van der Waals surface area (Å²) in [5.41, 5.74) is 7.85. The summed E-state index contributed by atoms with van der Waals surface area (Å²) in [5.74, 6) is 0.854. The maximum atomic E-state index is 8.40. The van der Waals surface area contributed by atoms with Crippen molar-refractivity contribution in [2.45, 2.75) is 65.5 Å². The van der Waals surface area contributed by atoms with Gasteiger partial charge in [-0.15, -0.1) is 5.10 Å². The monoisotopic (exact) mass is 451 g/mol. The minimum Gasteiger partial charge on any atom is -0.455 e. The molecule has 1 aliphatic rings. The van der Waals surface area contributed by atoms with E-state index in [-0.39, 0.29) is 17.7 Å². The molecular weight excluding hydrogens is 410 g/mol. The highest BCUT2D eigenvalue weighted by Crippen LogP contribution is 2.16. The fourth-order valence-electron chi connectivity index (χ4n) is 3.40. The summed E-state index contributed by atoms with van der Waals surface area (Å²) >= 11 is 0. The molecule has 6 nitrogen and oxygen atoms in total. The lowest BCUT2D eigenvalue weighted by Gasteiger charge is -2.11. The molecule has 0 amide bonds. The standard InChI is InChI=1S/C24H30N4O.C2H6.CH5N/c1-18-28(2)27-22(29-18)16-9-4-3-6-11-19-12-10-15-21(17-19)24(26)23(25)20-13-7-5-8-14-20;2*1-2/h5,7-8,10,12-15,17-18,25-26H,3-4,6,9,11,16H2,1-2H3;1-2H3;2H2,1H3. The lowest BCUT2D eigenvalue weighted by Crippen LogP contribution is -2.19. The van der Waals surface area contributed by atoms with Gasteiger partial charge in [0.25, 0.3) is 0 Å². The first-order valence-electron chi connectivity index (χ1n) is 11.9. The quantitative estimate of drug-likeness (QED) is 0.313. The number of hydrazone groups is 1. The van der Waals surface area contributed by atoms with Gasteiger partial charge in [-0.2, -0.15) is 0 Å². The van der Waals surface area contributed by atoms with E-state index in [4.69, 9.17) is 15.6 Å². The van der Waals surface area contributed by atoms with Gasteiger partial charge in [0.1, 0.15) is 0 Å². The van der Waals surface area contributed by atoms with E-state index in [1.807, 2.05) is 75.3 Å². The van der Waals surface area contributed by atoms with Gasteiger partial charge in [-0.3, -0.25) is 15.8 Å². The molecule has 4 N–H and O–H groups in total. The number of ether oxygens (including phenoxy) is 1. The highest BCUT2D eigenvalue weighted by molar-refractivity contribution is 6.51. The Bertz CT molecular complexity index is 879. The van der Waals surface area contributed by atoms with Gasteiger partial charge >= 0.3 is 0 Å². The van der Waals surface area contributed by atoms with Crippen LogP contribution in [0.2, 0.25) is 0 Å². The molecule has 1 aliphatic heterocycles. The number of hydrogen-bond acceptors (Lipinski definition) is 6. The Kier molecular flexibility index (Phi) is 13.4. The zero-order chi connectivity index (χ0) is 24.6. The van der Waals surface area contributed by atoms with E-state index in [0.29, 0.717) is 0 Å². The molecule has 180 valence electrons. The number of unbranched alkanes of at least 4 members (excludes halogenated alkanes) is 3. The van der Waals surface area contributed by atoms with Crippen molar-refractivity contribution in [1.82, 2.24) is 5.01 Å². The van der Waals surface area contributed by atoms with Crippen LogP contribution < -0.4 is 5.73 Å². The van der Waals surface area contributed by atoms with Gasteiger partial charge in [0.15, 0.2) is 6.23 Å². The lowest BCUT2D eigenvalue weighted by molar-refractivity contribution is 0.0938. The number of benzene rings is 2. The zero-order valence-corrected chi connectivity index (χ0v) is 20.9. The van der Waals surface area contributed by atoms with Crippen molar-refractivity contribution < 1.29 is 4.74 Å². The fourth-order valence-corrected chi connectivity index (χ4v) is 3.40. The van der Waals surface area contributed by atoms with Gasteiger partial charge in [-0.25, -0.2) is 0 Å². The van der Waals surface area contributed by atoms with E-state index in [1.54, 1.807) is 0 Å². The molecule has 0 saturated carbocycles. The Morgan fingerprint density at radius 1 is 0.879 bits per heavy atom. The molecule has 3 rings (SSSR count). The second-order valence-corrected chi connectivity index (χ2v) is 7.52. The van der Waals surface area contributed by atoms with Crippen LogP contribution in [0.1, 0.15) is 69.6 Å². The maximum absolute atomic E-state index is 8.40. The average Bonchev–Trinajstić information content (AvgIpc) is 3.20. The highest BCUT2D eigenvalue weighted by Gasteiger charge is 2.19. The van der Waals surface area contributed by atoms with E-state index < -0.39 is 0 Å². The SMILES string of the molecule is CC.CC1OC(CCCCCCc2cccc(C(=N)C(=N)c3ccccc3)c2)=NN1C.CN. The predicted molar refractivity (Wildman–Crippen MR) is 141 cm³/mol. The van der Waals surface area contributed by atoms with Crippen LogP contribution in [0.4, 0.5) is 0 Å². The summed E-state index contributed by atoms with van der Waals surface area (Å²) in [6, 6.07) is 17.6. The van der Waals surface area contributed by atoms with Crippen molar-refractivity contribution in [2.75, 3.05) is 14.1 Å². The van der Waals surface area contributed by atoms with Crippen LogP contribution in [0.5, 0.6) is 0 Å². The Morgan fingerprint density at radius 3 is 2.06 bits per heavy atom. The molecule has 6 heteroatoms.